The van der Waals surface area contributed by atoms with Gasteiger partial charge in [0.15, 0.2) is 0 Å². The standard InChI is InChI=1S/C26H27FN2O2/c1-31-25-8-3-2-7-24(25)21-6-4-5-19(17-21)18-29-15-13-23(14-16-29)28-26(30)20-9-11-22(27)12-10-20/h2-12,17,23H,13-16,18H2,1H3,(H,28,30). The summed E-state index contributed by atoms with van der Waals surface area (Å²) in [7, 11) is 1.70. The van der Waals surface area contributed by atoms with E-state index in [9.17, 15) is 9.18 Å². The predicted octanol–water partition coefficient (Wildman–Crippen LogP) is 4.90. The van der Waals surface area contributed by atoms with Crippen LogP contribution in [0.25, 0.3) is 11.1 Å². The minimum atomic E-state index is -0.334. The third-order valence-corrected chi connectivity index (χ3v) is 5.78. The summed E-state index contributed by atoms with van der Waals surface area (Å²) in [5, 5.41) is 3.08. The molecule has 4 nitrogen and oxygen atoms in total. The molecule has 1 amide bonds. The number of hydrogen-bond donors (Lipinski definition) is 1. The quantitative estimate of drug-likeness (QED) is 0.619. The Morgan fingerprint density at radius 1 is 1.03 bits per heavy atom. The van der Waals surface area contributed by atoms with E-state index in [1.165, 1.54) is 29.8 Å². The highest BCUT2D eigenvalue weighted by Crippen LogP contribution is 2.30. The van der Waals surface area contributed by atoms with E-state index in [0.717, 1.165) is 49.4 Å². The normalized spacial score (nSPS) is 14.9. The lowest BCUT2D eigenvalue weighted by Crippen LogP contribution is -2.44. The average molecular weight is 419 g/mol. The summed E-state index contributed by atoms with van der Waals surface area (Å²) >= 11 is 0. The van der Waals surface area contributed by atoms with Crippen LogP contribution in [-0.2, 0) is 6.54 Å². The number of methoxy groups -OCH3 is 1. The maximum Gasteiger partial charge on any atom is 0.251 e. The Morgan fingerprint density at radius 2 is 1.77 bits per heavy atom. The smallest absolute Gasteiger partial charge is 0.251 e. The van der Waals surface area contributed by atoms with E-state index >= 15 is 0 Å². The van der Waals surface area contributed by atoms with E-state index in [-0.39, 0.29) is 17.8 Å². The van der Waals surface area contributed by atoms with Gasteiger partial charge >= 0.3 is 0 Å². The van der Waals surface area contributed by atoms with Gasteiger partial charge in [-0.3, -0.25) is 9.69 Å². The van der Waals surface area contributed by atoms with Crippen LogP contribution < -0.4 is 10.1 Å². The number of para-hydroxylation sites is 1. The van der Waals surface area contributed by atoms with Gasteiger partial charge in [-0.25, -0.2) is 4.39 Å². The van der Waals surface area contributed by atoms with Crippen LogP contribution in [0.15, 0.2) is 72.8 Å². The molecule has 1 heterocycles. The van der Waals surface area contributed by atoms with Crippen LogP contribution in [0.3, 0.4) is 0 Å². The van der Waals surface area contributed by atoms with Crippen molar-refractivity contribution in [2.45, 2.75) is 25.4 Å². The molecule has 0 radical (unpaired) electrons. The number of likely N-dealkylation sites (tertiary alicyclic amines) is 1. The van der Waals surface area contributed by atoms with Gasteiger partial charge in [-0.2, -0.15) is 0 Å². The minimum Gasteiger partial charge on any atom is -0.496 e. The van der Waals surface area contributed by atoms with Crippen molar-refractivity contribution >= 4 is 5.91 Å². The Hall–Kier alpha value is -3.18. The van der Waals surface area contributed by atoms with Crippen molar-refractivity contribution in [1.82, 2.24) is 10.2 Å². The van der Waals surface area contributed by atoms with Gasteiger partial charge in [0.25, 0.3) is 5.91 Å². The van der Waals surface area contributed by atoms with E-state index < -0.39 is 0 Å². The number of benzene rings is 3. The summed E-state index contributed by atoms with van der Waals surface area (Å²) in [6, 6.07) is 22.5. The number of piperidine rings is 1. The Morgan fingerprint density at radius 3 is 2.52 bits per heavy atom. The third kappa shape index (κ3) is 5.30. The summed E-state index contributed by atoms with van der Waals surface area (Å²) in [5.74, 6) is 0.403. The highest BCUT2D eigenvalue weighted by atomic mass is 19.1. The van der Waals surface area contributed by atoms with Gasteiger partial charge in [-0.05, 0) is 60.4 Å². The fourth-order valence-corrected chi connectivity index (χ4v) is 4.08. The molecule has 1 aliphatic rings. The lowest BCUT2D eigenvalue weighted by molar-refractivity contribution is 0.0909. The predicted molar refractivity (Wildman–Crippen MR) is 121 cm³/mol. The second-order valence-corrected chi connectivity index (χ2v) is 7.93. The number of carbonyl (C=O) groups is 1. The molecule has 0 aliphatic carbocycles. The lowest BCUT2D eigenvalue weighted by Gasteiger charge is -2.32. The molecule has 5 heteroatoms. The maximum atomic E-state index is 13.0. The van der Waals surface area contributed by atoms with E-state index in [1.54, 1.807) is 7.11 Å². The summed E-state index contributed by atoms with van der Waals surface area (Å²) < 4.78 is 18.6. The zero-order valence-corrected chi connectivity index (χ0v) is 17.7. The zero-order valence-electron chi connectivity index (χ0n) is 17.7. The molecule has 0 unspecified atom stereocenters. The first-order valence-electron chi connectivity index (χ1n) is 10.6. The highest BCUT2D eigenvalue weighted by Gasteiger charge is 2.21. The molecule has 0 spiro atoms. The average Bonchev–Trinajstić information content (AvgIpc) is 2.81. The van der Waals surface area contributed by atoms with Crippen LogP contribution in [0, 0.1) is 5.82 Å². The summed E-state index contributed by atoms with van der Waals surface area (Å²) in [6.07, 6.45) is 1.80. The van der Waals surface area contributed by atoms with Crippen molar-refractivity contribution in [1.29, 1.82) is 0 Å². The number of nitrogens with one attached hydrogen (secondary N) is 1. The van der Waals surface area contributed by atoms with E-state index in [0.29, 0.717) is 5.56 Å². The molecule has 1 N–H and O–H groups in total. The van der Waals surface area contributed by atoms with Crippen molar-refractivity contribution in [3.63, 3.8) is 0 Å². The molecule has 0 bridgehead atoms. The molecule has 4 rings (SSSR count). The van der Waals surface area contributed by atoms with Crippen molar-refractivity contribution in [3.8, 4) is 16.9 Å². The number of hydrogen-bond acceptors (Lipinski definition) is 3. The first kappa shape index (κ1) is 21.1. The van der Waals surface area contributed by atoms with Gasteiger partial charge in [0, 0.05) is 36.8 Å². The van der Waals surface area contributed by atoms with Crippen molar-refractivity contribution in [2.75, 3.05) is 20.2 Å². The molecular formula is C26H27FN2O2. The van der Waals surface area contributed by atoms with Crippen LogP contribution in [0.1, 0.15) is 28.8 Å². The monoisotopic (exact) mass is 418 g/mol. The summed E-state index contributed by atoms with van der Waals surface area (Å²) in [6.45, 7) is 2.72. The Kier molecular flexibility index (Phi) is 6.63. The Labute approximate surface area is 182 Å². The Bertz CT molecular complexity index is 1030. The maximum absolute atomic E-state index is 13.0. The summed E-state index contributed by atoms with van der Waals surface area (Å²) in [5.41, 5.74) is 4.00. The van der Waals surface area contributed by atoms with Crippen LogP contribution in [0.2, 0.25) is 0 Å². The molecular weight excluding hydrogens is 391 g/mol. The van der Waals surface area contributed by atoms with E-state index in [2.05, 4.69) is 40.5 Å². The van der Waals surface area contributed by atoms with Crippen molar-refractivity contribution in [3.05, 3.63) is 89.7 Å². The van der Waals surface area contributed by atoms with Gasteiger partial charge in [-0.15, -0.1) is 0 Å². The number of amides is 1. The minimum absolute atomic E-state index is 0.136. The Balaban J connectivity index is 1.33. The largest absolute Gasteiger partial charge is 0.496 e. The number of nitrogens with zero attached hydrogens (tertiary/aromatic N) is 1. The number of halogens is 1. The van der Waals surface area contributed by atoms with E-state index in [4.69, 9.17) is 4.74 Å². The van der Waals surface area contributed by atoms with Gasteiger partial charge in [-0.1, -0.05) is 36.4 Å². The molecule has 31 heavy (non-hydrogen) atoms. The van der Waals surface area contributed by atoms with Crippen LogP contribution >= 0.6 is 0 Å². The second kappa shape index (κ2) is 9.75. The van der Waals surface area contributed by atoms with Gasteiger partial charge in [0.05, 0.1) is 7.11 Å². The fourth-order valence-electron chi connectivity index (χ4n) is 4.08. The molecule has 0 saturated carbocycles. The third-order valence-electron chi connectivity index (χ3n) is 5.78. The van der Waals surface area contributed by atoms with E-state index in [1.807, 2.05) is 18.2 Å². The van der Waals surface area contributed by atoms with Crippen LogP contribution in [-0.4, -0.2) is 37.0 Å². The summed E-state index contributed by atoms with van der Waals surface area (Å²) in [4.78, 5) is 14.8. The first-order chi connectivity index (χ1) is 15.1. The molecule has 3 aromatic carbocycles. The van der Waals surface area contributed by atoms with Gasteiger partial charge in [0.2, 0.25) is 0 Å². The number of rotatable bonds is 6. The second-order valence-electron chi connectivity index (χ2n) is 7.93. The molecule has 3 aromatic rings. The molecule has 0 atom stereocenters. The molecule has 1 saturated heterocycles. The zero-order chi connectivity index (χ0) is 21.6. The fraction of sp³-hybridized carbons (Fsp3) is 0.269. The molecule has 160 valence electrons. The van der Waals surface area contributed by atoms with Crippen molar-refractivity contribution < 1.29 is 13.9 Å². The topological polar surface area (TPSA) is 41.6 Å². The molecule has 0 aromatic heterocycles. The van der Waals surface area contributed by atoms with Crippen LogP contribution in [0.4, 0.5) is 4.39 Å². The number of carbonyl (C=O) groups excluding carboxylic acids is 1. The highest BCUT2D eigenvalue weighted by molar-refractivity contribution is 5.94. The first-order valence-corrected chi connectivity index (χ1v) is 10.6. The van der Waals surface area contributed by atoms with Gasteiger partial charge < -0.3 is 10.1 Å². The SMILES string of the molecule is COc1ccccc1-c1cccc(CN2CCC(NC(=O)c3ccc(F)cc3)CC2)c1. The molecule has 1 aliphatic heterocycles. The lowest BCUT2D eigenvalue weighted by atomic mass is 10.0. The number of ether oxygens (including phenoxy) is 1. The molecule has 1 fully saturated rings. The van der Waals surface area contributed by atoms with Gasteiger partial charge in [0.1, 0.15) is 11.6 Å². The van der Waals surface area contributed by atoms with Crippen LogP contribution in [0.5, 0.6) is 5.75 Å². The van der Waals surface area contributed by atoms with Crippen molar-refractivity contribution in [2.24, 2.45) is 0 Å².